The van der Waals surface area contributed by atoms with Gasteiger partial charge in [-0.05, 0) is 18.2 Å². The summed E-state index contributed by atoms with van der Waals surface area (Å²) in [4.78, 5) is 0. The van der Waals surface area contributed by atoms with Crippen LogP contribution in [-0.4, -0.2) is 11.7 Å². The minimum atomic E-state index is -0.833. The molecule has 19 heavy (non-hydrogen) atoms. The van der Waals surface area contributed by atoms with Crippen molar-refractivity contribution in [3.05, 3.63) is 64.7 Å². The molecule has 2 aromatic carbocycles. The molecule has 2 rings (SSSR count). The largest absolute Gasteiger partial charge is 0.489 e. The number of halogens is 1. The van der Waals surface area contributed by atoms with Crippen LogP contribution in [-0.2, 0) is 0 Å². The van der Waals surface area contributed by atoms with E-state index < -0.39 is 6.10 Å². The van der Waals surface area contributed by atoms with Gasteiger partial charge in [0.1, 0.15) is 24.5 Å². The highest BCUT2D eigenvalue weighted by Crippen LogP contribution is 2.24. The van der Waals surface area contributed by atoms with E-state index in [1.165, 1.54) is 0 Å². The highest BCUT2D eigenvalue weighted by Gasteiger charge is 2.12. The molecule has 0 saturated heterocycles. The van der Waals surface area contributed by atoms with Gasteiger partial charge in [0.25, 0.3) is 0 Å². The number of aliphatic hydroxyl groups is 1. The third-order valence-electron chi connectivity index (χ3n) is 2.67. The maximum absolute atomic E-state index is 10.0. The SMILES string of the molecule is N#Cc1ccccc1OCC(O)c1ccccc1Cl. The molecule has 1 unspecified atom stereocenters. The molecule has 0 fully saturated rings. The molecule has 96 valence electrons. The predicted molar refractivity (Wildman–Crippen MR) is 73.1 cm³/mol. The van der Waals surface area contributed by atoms with Crippen LogP contribution in [0.1, 0.15) is 17.2 Å². The van der Waals surface area contributed by atoms with Crippen molar-refractivity contribution in [2.24, 2.45) is 0 Å². The molecule has 0 aliphatic heterocycles. The molecule has 0 aliphatic rings. The summed E-state index contributed by atoms with van der Waals surface area (Å²) in [6.45, 7) is 0.0441. The predicted octanol–water partition coefficient (Wildman–Crippen LogP) is 3.32. The first-order valence-electron chi connectivity index (χ1n) is 5.77. The smallest absolute Gasteiger partial charge is 0.137 e. The normalized spacial score (nSPS) is 11.6. The van der Waals surface area contributed by atoms with E-state index in [1.807, 2.05) is 6.07 Å². The second-order valence-corrected chi connectivity index (χ2v) is 4.36. The number of rotatable bonds is 4. The molecule has 4 heteroatoms. The van der Waals surface area contributed by atoms with Crippen molar-refractivity contribution >= 4 is 11.6 Å². The van der Waals surface area contributed by atoms with Gasteiger partial charge in [-0.1, -0.05) is 41.9 Å². The Kier molecular flexibility index (Phi) is 4.40. The Labute approximate surface area is 116 Å². The number of aliphatic hydroxyl groups excluding tert-OH is 1. The molecule has 0 aliphatic carbocycles. The third-order valence-corrected chi connectivity index (χ3v) is 3.01. The van der Waals surface area contributed by atoms with Crippen molar-refractivity contribution in [2.75, 3.05) is 6.61 Å². The highest BCUT2D eigenvalue weighted by molar-refractivity contribution is 6.31. The van der Waals surface area contributed by atoms with Gasteiger partial charge in [-0.3, -0.25) is 0 Å². The van der Waals surface area contributed by atoms with Crippen LogP contribution in [0, 0.1) is 11.3 Å². The van der Waals surface area contributed by atoms with Crippen LogP contribution < -0.4 is 4.74 Å². The van der Waals surface area contributed by atoms with Gasteiger partial charge in [0.05, 0.1) is 5.56 Å². The summed E-state index contributed by atoms with van der Waals surface area (Å²) >= 11 is 5.99. The Hall–Kier alpha value is -2.02. The Morgan fingerprint density at radius 3 is 2.58 bits per heavy atom. The van der Waals surface area contributed by atoms with E-state index in [4.69, 9.17) is 21.6 Å². The van der Waals surface area contributed by atoms with Crippen molar-refractivity contribution < 1.29 is 9.84 Å². The Morgan fingerprint density at radius 2 is 1.84 bits per heavy atom. The van der Waals surface area contributed by atoms with Crippen LogP contribution in [0.15, 0.2) is 48.5 Å². The molecule has 1 atom stereocenters. The van der Waals surface area contributed by atoms with E-state index in [0.29, 0.717) is 21.9 Å². The van der Waals surface area contributed by atoms with Crippen molar-refractivity contribution in [3.63, 3.8) is 0 Å². The van der Waals surface area contributed by atoms with E-state index in [0.717, 1.165) is 0 Å². The number of nitrogens with zero attached hydrogens (tertiary/aromatic N) is 1. The number of hydrogen-bond acceptors (Lipinski definition) is 3. The van der Waals surface area contributed by atoms with Crippen LogP contribution in [0.3, 0.4) is 0 Å². The Balaban J connectivity index is 2.07. The molecule has 1 N–H and O–H groups in total. The summed E-state index contributed by atoms with van der Waals surface area (Å²) in [5.41, 5.74) is 1.05. The van der Waals surface area contributed by atoms with E-state index in [9.17, 15) is 5.11 Å². The first-order chi connectivity index (χ1) is 9.22. The lowest BCUT2D eigenvalue weighted by Crippen LogP contribution is -2.10. The number of para-hydroxylation sites is 1. The van der Waals surface area contributed by atoms with Gasteiger partial charge < -0.3 is 9.84 Å². The fourth-order valence-corrected chi connectivity index (χ4v) is 1.95. The van der Waals surface area contributed by atoms with E-state index in [-0.39, 0.29) is 6.61 Å². The maximum Gasteiger partial charge on any atom is 0.137 e. The maximum atomic E-state index is 10.0. The minimum absolute atomic E-state index is 0.0441. The van der Waals surface area contributed by atoms with Crippen molar-refractivity contribution in [1.82, 2.24) is 0 Å². The summed E-state index contributed by atoms with van der Waals surface area (Å²) in [5, 5.41) is 19.5. The number of hydrogen-bond donors (Lipinski definition) is 1. The molecule has 3 nitrogen and oxygen atoms in total. The molecule has 0 heterocycles. The molecule has 0 radical (unpaired) electrons. The van der Waals surface area contributed by atoms with Crippen molar-refractivity contribution in [2.45, 2.75) is 6.10 Å². The zero-order valence-electron chi connectivity index (χ0n) is 10.1. The summed E-state index contributed by atoms with van der Waals surface area (Å²) in [7, 11) is 0. The van der Waals surface area contributed by atoms with Crippen molar-refractivity contribution in [1.29, 1.82) is 5.26 Å². The molecule has 0 bridgehead atoms. The second kappa shape index (κ2) is 6.24. The average Bonchev–Trinajstić information content (AvgIpc) is 2.45. The van der Waals surface area contributed by atoms with Crippen LogP contribution in [0.2, 0.25) is 5.02 Å². The zero-order valence-corrected chi connectivity index (χ0v) is 10.8. The number of benzene rings is 2. The summed E-state index contributed by atoms with van der Waals surface area (Å²) in [6, 6.07) is 16.0. The Morgan fingerprint density at radius 1 is 1.16 bits per heavy atom. The number of ether oxygens (including phenoxy) is 1. The van der Waals surface area contributed by atoms with E-state index in [1.54, 1.807) is 48.5 Å². The van der Waals surface area contributed by atoms with Gasteiger partial charge in [0.2, 0.25) is 0 Å². The van der Waals surface area contributed by atoms with Crippen LogP contribution >= 0.6 is 11.6 Å². The molecular formula is C15H12ClNO2. The van der Waals surface area contributed by atoms with Gasteiger partial charge in [0.15, 0.2) is 0 Å². The van der Waals surface area contributed by atoms with Gasteiger partial charge in [-0.15, -0.1) is 0 Å². The monoisotopic (exact) mass is 273 g/mol. The van der Waals surface area contributed by atoms with E-state index in [2.05, 4.69) is 0 Å². The molecule has 0 saturated carbocycles. The van der Waals surface area contributed by atoms with Gasteiger partial charge in [-0.2, -0.15) is 5.26 Å². The lowest BCUT2D eigenvalue weighted by molar-refractivity contribution is 0.108. The van der Waals surface area contributed by atoms with Crippen LogP contribution in [0.5, 0.6) is 5.75 Å². The molecule has 0 aromatic heterocycles. The molecule has 0 spiro atoms. The average molecular weight is 274 g/mol. The second-order valence-electron chi connectivity index (χ2n) is 3.96. The fourth-order valence-electron chi connectivity index (χ4n) is 1.69. The van der Waals surface area contributed by atoms with Crippen molar-refractivity contribution in [3.8, 4) is 11.8 Å². The quantitative estimate of drug-likeness (QED) is 0.930. The van der Waals surface area contributed by atoms with E-state index >= 15 is 0 Å². The summed E-state index contributed by atoms with van der Waals surface area (Å²) < 4.78 is 5.47. The first-order valence-corrected chi connectivity index (χ1v) is 6.14. The highest BCUT2D eigenvalue weighted by atomic mass is 35.5. The van der Waals surface area contributed by atoms with Gasteiger partial charge >= 0.3 is 0 Å². The topological polar surface area (TPSA) is 53.2 Å². The molecular weight excluding hydrogens is 262 g/mol. The lowest BCUT2D eigenvalue weighted by atomic mass is 10.1. The lowest BCUT2D eigenvalue weighted by Gasteiger charge is -2.14. The van der Waals surface area contributed by atoms with Gasteiger partial charge in [0, 0.05) is 10.6 Å². The molecule has 0 amide bonds. The van der Waals surface area contributed by atoms with Gasteiger partial charge in [-0.25, -0.2) is 0 Å². The summed E-state index contributed by atoms with van der Waals surface area (Å²) in [5.74, 6) is 0.455. The van der Waals surface area contributed by atoms with Crippen LogP contribution in [0.25, 0.3) is 0 Å². The van der Waals surface area contributed by atoms with Crippen LogP contribution in [0.4, 0.5) is 0 Å². The number of nitriles is 1. The Bertz CT molecular complexity index is 607. The minimum Gasteiger partial charge on any atom is -0.489 e. The zero-order chi connectivity index (χ0) is 13.7. The first kappa shape index (κ1) is 13.4. The third kappa shape index (κ3) is 3.25. The summed E-state index contributed by atoms with van der Waals surface area (Å²) in [6.07, 6.45) is -0.833. The fraction of sp³-hybridized carbons (Fsp3) is 0.133. The standard InChI is InChI=1S/C15H12ClNO2/c16-13-7-3-2-6-12(13)14(18)10-19-15-8-4-1-5-11(15)9-17/h1-8,14,18H,10H2. The molecule has 2 aromatic rings.